The Morgan fingerprint density at radius 1 is 1.27 bits per heavy atom. The predicted octanol–water partition coefficient (Wildman–Crippen LogP) is 3.47. The molecule has 0 radical (unpaired) electrons. The number of benzene rings is 1. The van der Waals surface area contributed by atoms with Crippen LogP contribution in [0, 0.1) is 0 Å². The average Bonchev–Trinajstić information content (AvgIpc) is 2.95. The quantitative estimate of drug-likeness (QED) is 0.504. The topological polar surface area (TPSA) is 63.3 Å². The molecule has 3 rings (SSSR count). The van der Waals surface area contributed by atoms with E-state index in [4.69, 9.17) is 5.73 Å². The van der Waals surface area contributed by atoms with Crippen LogP contribution in [0.3, 0.4) is 0 Å². The number of hydrogen-bond acceptors (Lipinski definition) is 3. The van der Waals surface area contributed by atoms with Crippen LogP contribution in [-0.2, 0) is 6.42 Å². The molecule has 1 fully saturated rings. The minimum Gasteiger partial charge on any atom is -0.370 e. The zero-order valence-corrected chi connectivity index (χ0v) is 13.7. The van der Waals surface area contributed by atoms with Crippen LogP contribution in [0.2, 0.25) is 0 Å². The second-order valence-electron chi connectivity index (χ2n) is 5.93. The lowest BCUT2D eigenvalue weighted by Crippen LogP contribution is -2.41. The first-order valence-corrected chi connectivity index (χ1v) is 9.04. The Bertz CT molecular complexity index is 595. The Hall–Kier alpha value is -1.62. The number of nitrogens with two attached hydrogens (primary N) is 1. The summed E-state index contributed by atoms with van der Waals surface area (Å²) in [5.74, 6) is 0.608. The smallest absolute Gasteiger partial charge is 0.188 e. The van der Waals surface area contributed by atoms with Crippen LogP contribution >= 0.6 is 11.3 Å². The molecule has 5 heteroatoms. The number of aromatic nitrogens is 1. The van der Waals surface area contributed by atoms with E-state index >= 15 is 0 Å². The summed E-state index contributed by atoms with van der Waals surface area (Å²) >= 11 is 1.78. The second-order valence-corrected chi connectivity index (χ2v) is 7.04. The number of nitrogens with one attached hydrogen (secondary N) is 1. The fourth-order valence-corrected chi connectivity index (χ4v) is 3.97. The van der Waals surface area contributed by atoms with E-state index in [1.54, 1.807) is 11.3 Å². The van der Waals surface area contributed by atoms with Crippen LogP contribution in [0.4, 0.5) is 0 Å². The first-order chi connectivity index (χ1) is 10.8. The molecule has 0 saturated heterocycles. The lowest BCUT2D eigenvalue weighted by Gasteiger charge is -2.23. The molecule has 0 amide bonds. The van der Waals surface area contributed by atoms with E-state index in [1.807, 2.05) is 6.07 Å². The Kier molecular flexibility index (Phi) is 5.27. The third-order valence-electron chi connectivity index (χ3n) is 4.13. The van der Waals surface area contributed by atoms with E-state index in [0.717, 1.165) is 24.9 Å². The minimum absolute atomic E-state index is 0.529. The predicted molar refractivity (Wildman–Crippen MR) is 94.4 cm³/mol. The van der Waals surface area contributed by atoms with Gasteiger partial charge in [-0.2, -0.15) is 0 Å². The molecule has 1 heterocycles. The van der Waals surface area contributed by atoms with E-state index in [2.05, 4.69) is 33.5 Å². The molecule has 1 aliphatic rings. The van der Waals surface area contributed by atoms with Crippen LogP contribution in [0.15, 0.2) is 29.3 Å². The SMILES string of the molecule is NC(=NCCCc1nc2ccccc2s1)NC1CCCCC1. The molecule has 2 aromatic rings. The van der Waals surface area contributed by atoms with Gasteiger partial charge in [0.2, 0.25) is 0 Å². The van der Waals surface area contributed by atoms with Crippen molar-refractivity contribution in [2.45, 2.75) is 51.0 Å². The Labute approximate surface area is 135 Å². The van der Waals surface area contributed by atoms with Crippen LogP contribution < -0.4 is 11.1 Å². The lowest BCUT2D eigenvalue weighted by molar-refractivity contribution is 0.412. The number of thiazole rings is 1. The highest BCUT2D eigenvalue weighted by Gasteiger charge is 2.13. The molecule has 0 aliphatic heterocycles. The van der Waals surface area contributed by atoms with Gasteiger partial charge in [0.25, 0.3) is 0 Å². The van der Waals surface area contributed by atoms with E-state index < -0.39 is 0 Å². The molecule has 1 saturated carbocycles. The van der Waals surface area contributed by atoms with Gasteiger partial charge in [0.15, 0.2) is 5.96 Å². The molecule has 1 aliphatic carbocycles. The number of hydrogen-bond donors (Lipinski definition) is 2. The van der Waals surface area contributed by atoms with Crippen molar-refractivity contribution in [2.75, 3.05) is 6.54 Å². The average molecular weight is 316 g/mol. The number of nitrogens with zero attached hydrogens (tertiary/aromatic N) is 2. The van der Waals surface area contributed by atoms with Crippen LogP contribution in [-0.4, -0.2) is 23.5 Å². The Balaban J connectivity index is 1.43. The highest BCUT2D eigenvalue weighted by Crippen LogP contribution is 2.22. The summed E-state index contributed by atoms with van der Waals surface area (Å²) in [5.41, 5.74) is 7.07. The maximum Gasteiger partial charge on any atom is 0.188 e. The molecule has 0 unspecified atom stereocenters. The summed E-state index contributed by atoms with van der Waals surface area (Å²) in [6.45, 7) is 0.765. The van der Waals surface area contributed by atoms with Gasteiger partial charge in [-0.15, -0.1) is 11.3 Å². The molecular weight excluding hydrogens is 292 g/mol. The van der Waals surface area contributed by atoms with Gasteiger partial charge in [-0.1, -0.05) is 31.4 Å². The van der Waals surface area contributed by atoms with Crippen LogP contribution in [0.5, 0.6) is 0 Å². The van der Waals surface area contributed by atoms with E-state index in [0.29, 0.717) is 12.0 Å². The summed E-state index contributed by atoms with van der Waals surface area (Å²) in [4.78, 5) is 9.09. The molecule has 3 N–H and O–H groups in total. The highest BCUT2D eigenvalue weighted by atomic mass is 32.1. The largest absolute Gasteiger partial charge is 0.370 e. The van der Waals surface area contributed by atoms with Crippen molar-refractivity contribution in [1.29, 1.82) is 0 Å². The number of rotatable bonds is 5. The Morgan fingerprint density at radius 2 is 2.09 bits per heavy atom. The minimum atomic E-state index is 0.529. The first kappa shape index (κ1) is 15.3. The van der Waals surface area contributed by atoms with Crippen molar-refractivity contribution in [2.24, 2.45) is 10.7 Å². The second kappa shape index (κ2) is 7.58. The van der Waals surface area contributed by atoms with Gasteiger partial charge in [-0.25, -0.2) is 4.98 Å². The van der Waals surface area contributed by atoms with Gasteiger partial charge in [-0.05, 0) is 31.4 Å². The van der Waals surface area contributed by atoms with Gasteiger partial charge in [0, 0.05) is 19.0 Å². The summed E-state index contributed by atoms with van der Waals surface area (Å²) in [6.07, 6.45) is 8.39. The van der Waals surface area contributed by atoms with Crippen molar-refractivity contribution in [1.82, 2.24) is 10.3 Å². The Morgan fingerprint density at radius 3 is 2.91 bits per heavy atom. The number of fused-ring (bicyclic) bond motifs is 1. The fraction of sp³-hybridized carbons (Fsp3) is 0.529. The van der Waals surface area contributed by atoms with E-state index in [9.17, 15) is 0 Å². The van der Waals surface area contributed by atoms with E-state index in [1.165, 1.54) is 41.8 Å². The number of aryl methyl sites for hydroxylation is 1. The van der Waals surface area contributed by atoms with Gasteiger partial charge in [-0.3, -0.25) is 4.99 Å². The zero-order chi connectivity index (χ0) is 15.2. The van der Waals surface area contributed by atoms with Crippen molar-refractivity contribution in [3.05, 3.63) is 29.3 Å². The molecule has 0 bridgehead atoms. The monoisotopic (exact) mass is 316 g/mol. The number of guanidine groups is 1. The maximum atomic E-state index is 5.97. The molecule has 0 spiro atoms. The van der Waals surface area contributed by atoms with Crippen molar-refractivity contribution < 1.29 is 0 Å². The molecule has 118 valence electrons. The lowest BCUT2D eigenvalue weighted by atomic mass is 9.96. The molecule has 1 aromatic heterocycles. The van der Waals surface area contributed by atoms with Gasteiger partial charge in [0.05, 0.1) is 15.2 Å². The van der Waals surface area contributed by atoms with E-state index in [-0.39, 0.29) is 0 Å². The summed E-state index contributed by atoms with van der Waals surface area (Å²) in [5, 5.41) is 4.54. The maximum absolute atomic E-state index is 5.97. The van der Waals surface area contributed by atoms with Gasteiger partial charge < -0.3 is 11.1 Å². The van der Waals surface area contributed by atoms with Crippen molar-refractivity contribution in [3.8, 4) is 0 Å². The van der Waals surface area contributed by atoms with Crippen molar-refractivity contribution in [3.63, 3.8) is 0 Å². The fourth-order valence-electron chi connectivity index (χ4n) is 2.96. The third kappa shape index (κ3) is 4.19. The normalized spacial score (nSPS) is 17.0. The third-order valence-corrected chi connectivity index (χ3v) is 5.22. The first-order valence-electron chi connectivity index (χ1n) is 8.22. The highest BCUT2D eigenvalue weighted by molar-refractivity contribution is 7.18. The zero-order valence-electron chi connectivity index (χ0n) is 12.9. The molecular formula is C17H24N4S. The molecule has 0 atom stereocenters. The number of para-hydroxylation sites is 1. The molecule has 4 nitrogen and oxygen atoms in total. The van der Waals surface area contributed by atoms with Gasteiger partial charge in [0.1, 0.15) is 0 Å². The van der Waals surface area contributed by atoms with Gasteiger partial charge >= 0.3 is 0 Å². The summed E-state index contributed by atoms with van der Waals surface area (Å²) in [6, 6.07) is 8.82. The van der Waals surface area contributed by atoms with Crippen LogP contribution in [0.25, 0.3) is 10.2 Å². The molecule has 22 heavy (non-hydrogen) atoms. The van der Waals surface area contributed by atoms with Crippen molar-refractivity contribution >= 4 is 27.5 Å². The standard InChI is InChI=1S/C17H24N4S/c18-17(20-13-7-2-1-3-8-13)19-12-6-11-16-21-14-9-4-5-10-15(14)22-16/h4-5,9-10,13H,1-3,6-8,11-12H2,(H3,18,19,20). The van der Waals surface area contributed by atoms with Crippen LogP contribution in [0.1, 0.15) is 43.5 Å². The number of aliphatic imine (C=N–C) groups is 1. The summed E-state index contributed by atoms with van der Waals surface area (Å²) < 4.78 is 1.26. The summed E-state index contributed by atoms with van der Waals surface area (Å²) in [7, 11) is 0. The molecule has 1 aromatic carbocycles.